The zero-order chi connectivity index (χ0) is 33.9. The SMILES string of the molecule is COc1cc(C=CC2C3=CCC4C(=O)N(C)C(=O)C4C3CC3C(=O)N(Nc4ccc(C)cc4)C(=O)C23c2ccccc2)cc(OC)c1O. The number of nitrogens with one attached hydrogen (secondary N) is 1. The van der Waals surface area contributed by atoms with Crippen LogP contribution in [0.1, 0.15) is 29.5 Å². The Hall–Kier alpha value is -5.38. The smallest absolute Gasteiger partial charge is 0.260 e. The number of hydrogen-bond acceptors (Lipinski definition) is 8. The molecule has 2 N–H and O–H groups in total. The van der Waals surface area contributed by atoms with E-state index >= 15 is 4.79 Å². The van der Waals surface area contributed by atoms with Gasteiger partial charge in [-0.05, 0) is 61.1 Å². The van der Waals surface area contributed by atoms with Gasteiger partial charge in [-0.3, -0.25) is 29.5 Å². The number of anilines is 1. The predicted molar refractivity (Wildman–Crippen MR) is 178 cm³/mol. The summed E-state index contributed by atoms with van der Waals surface area (Å²) in [5.74, 6) is -4.02. The molecule has 2 heterocycles. The van der Waals surface area contributed by atoms with Crippen molar-refractivity contribution < 1.29 is 33.8 Å². The van der Waals surface area contributed by atoms with Crippen LogP contribution in [0.4, 0.5) is 5.69 Å². The maximum absolute atomic E-state index is 15.1. The molecule has 10 heteroatoms. The second kappa shape index (κ2) is 11.7. The van der Waals surface area contributed by atoms with Crippen LogP contribution in [0.25, 0.3) is 6.08 Å². The summed E-state index contributed by atoms with van der Waals surface area (Å²) in [6, 6.07) is 20.1. The first kappa shape index (κ1) is 31.2. The fourth-order valence-electron chi connectivity index (χ4n) is 8.37. The molecule has 3 aromatic rings. The predicted octanol–water partition coefficient (Wildman–Crippen LogP) is 4.88. The highest BCUT2D eigenvalue weighted by Gasteiger charge is 2.69. The summed E-state index contributed by atoms with van der Waals surface area (Å²) < 4.78 is 10.8. The standard InChI is InChI=1S/C38H37N3O7/c1-21-10-13-24(14-11-21)39-41-35(44)29-20-27-25(15-16-26-32(27)36(45)40(2)34(26)43)28(38(29,37(41)46)23-8-6-5-7-9-23)17-12-22-18-30(47-3)33(42)31(19-22)48-4/h5-15,17-19,26-29,32,39,42H,16,20H2,1-4H3. The first-order chi connectivity index (χ1) is 23.1. The second-order valence-corrected chi connectivity index (χ2v) is 13.0. The number of methoxy groups -OCH3 is 2. The molecule has 7 rings (SSSR count). The van der Waals surface area contributed by atoms with Crippen LogP contribution in [0.5, 0.6) is 17.2 Å². The number of aromatic hydroxyl groups is 1. The first-order valence-corrected chi connectivity index (χ1v) is 16.0. The summed E-state index contributed by atoms with van der Waals surface area (Å²) in [6.07, 6.45) is 6.34. The number of imide groups is 2. The van der Waals surface area contributed by atoms with Gasteiger partial charge in [0.25, 0.3) is 11.8 Å². The van der Waals surface area contributed by atoms with Crippen LogP contribution in [0.3, 0.4) is 0 Å². The molecule has 0 radical (unpaired) electrons. The van der Waals surface area contributed by atoms with E-state index in [4.69, 9.17) is 9.47 Å². The van der Waals surface area contributed by atoms with E-state index in [1.54, 1.807) is 12.1 Å². The van der Waals surface area contributed by atoms with E-state index in [-0.39, 0.29) is 41.4 Å². The summed E-state index contributed by atoms with van der Waals surface area (Å²) >= 11 is 0. The minimum Gasteiger partial charge on any atom is -0.502 e. The third kappa shape index (κ3) is 4.53. The van der Waals surface area contributed by atoms with E-state index in [9.17, 15) is 19.5 Å². The summed E-state index contributed by atoms with van der Waals surface area (Å²) in [5, 5.41) is 11.7. The Balaban J connectivity index is 1.43. The van der Waals surface area contributed by atoms with E-state index in [0.29, 0.717) is 23.2 Å². The third-order valence-electron chi connectivity index (χ3n) is 10.7. The molecule has 3 fully saturated rings. The number of aryl methyl sites for hydroxylation is 1. The summed E-state index contributed by atoms with van der Waals surface area (Å²) in [4.78, 5) is 57.6. The minimum absolute atomic E-state index is 0.139. The first-order valence-electron chi connectivity index (χ1n) is 16.0. The lowest BCUT2D eigenvalue weighted by atomic mass is 9.50. The number of phenols is 1. The van der Waals surface area contributed by atoms with Crippen LogP contribution in [-0.4, -0.2) is 59.9 Å². The Morgan fingerprint density at radius 2 is 1.56 bits per heavy atom. The fourth-order valence-corrected chi connectivity index (χ4v) is 8.37. The van der Waals surface area contributed by atoms with Crippen molar-refractivity contribution in [3.05, 3.63) is 101 Å². The number of amides is 4. The molecule has 4 amide bonds. The molecule has 0 spiro atoms. The maximum atomic E-state index is 15.1. The molecule has 1 saturated carbocycles. The number of nitrogens with zero attached hydrogens (tertiary/aromatic N) is 2. The minimum atomic E-state index is -1.36. The van der Waals surface area contributed by atoms with E-state index in [2.05, 4.69) is 5.43 Å². The van der Waals surface area contributed by atoms with Crippen molar-refractivity contribution in [2.24, 2.45) is 29.6 Å². The normalized spacial score (nSPS) is 27.9. The van der Waals surface area contributed by atoms with Crippen molar-refractivity contribution in [1.29, 1.82) is 0 Å². The number of carbonyl (C=O) groups is 4. The molecule has 48 heavy (non-hydrogen) atoms. The molecule has 4 aliphatic rings. The average molecular weight is 648 g/mol. The third-order valence-corrected chi connectivity index (χ3v) is 10.7. The van der Waals surface area contributed by atoms with Gasteiger partial charge in [0.05, 0.1) is 43.1 Å². The van der Waals surface area contributed by atoms with Crippen molar-refractivity contribution in [2.45, 2.75) is 25.2 Å². The highest BCUT2D eigenvalue weighted by atomic mass is 16.5. The van der Waals surface area contributed by atoms with E-state index in [1.807, 2.05) is 79.7 Å². The Morgan fingerprint density at radius 3 is 2.21 bits per heavy atom. The van der Waals surface area contributed by atoms with Gasteiger partial charge in [0.15, 0.2) is 11.5 Å². The molecular weight excluding hydrogens is 610 g/mol. The van der Waals surface area contributed by atoms with Gasteiger partial charge >= 0.3 is 0 Å². The summed E-state index contributed by atoms with van der Waals surface area (Å²) in [6.45, 7) is 1.96. The van der Waals surface area contributed by atoms with Crippen LogP contribution in [0.15, 0.2) is 84.5 Å². The lowest BCUT2D eigenvalue weighted by Gasteiger charge is -2.49. The van der Waals surface area contributed by atoms with Gasteiger partial charge in [0.2, 0.25) is 17.6 Å². The van der Waals surface area contributed by atoms with Crippen molar-refractivity contribution in [3.8, 4) is 17.2 Å². The molecule has 2 aliphatic heterocycles. The van der Waals surface area contributed by atoms with Gasteiger partial charge in [-0.1, -0.05) is 71.8 Å². The number of likely N-dealkylation sites (tertiary alicyclic amines) is 1. The van der Waals surface area contributed by atoms with Gasteiger partial charge < -0.3 is 14.6 Å². The fraction of sp³-hybridized carbons (Fsp3) is 0.316. The van der Waals surface area contributed by atoms with Crippen LogP contribution in [-0.2, 0) is 24.6 Å². The molecular formula is C38H37N3O7. The Bertz CT molecular complexity index is 1860. The number of benzene rings is 3. The Morgan fingerprint density at radius 1 is 0.896 bits per heavy atom. The molecule has 2 aliphatic carbocycles. The van der Waals surface area contributed by atoms with Crippen LogP contribution in [0.2, 0.25) is 0 Å². The van der Waals surface area contributed by atoms with Gasteiger partial charge in [-0.2, -0.15) is 5.01 Å². The molecule has 6 atom stereocenters. The summed E-state index contributed by atoms with van der Waals surface area (Å²) in [7, 11) is 4.41. The lowest BCUT2D eigenvalue weighted by molar-refractivity contribution is -0.140. The number of rotatable bonds is 7. The number of ether oxygens (including phenoxy) is 2. The Kier molecular flexibility index (Phi) is 7.61. The number of phenolic OH excluding ortho intramolecular Hbond substituents is 1. The topological polar surface area (TPSA) is 125 Å². The molecule has 3 aromatic carbocycles. The molecule has 0 aromatic heterocycles. The van der Waals surface area contributed by atoms with Gasteiger partial charge in [0.1, 0.15) is 0 Å². The van der Waals surface area contributed by atoms with Gasteiger partial charge in [0, 0.05) is 13.0 Å². The molecule has 2 saturated heterocycles. The second-order valence-electron chi connectivity index (χ2n) is 13.0. The molecule has 10 nitrogen and oxygen atoms in total. The Labute approximate surface area is 278 Å². The molecule has 0 bridgehead atoms. The number of carbonyl (C=O) groups excluding carboxylic acids is 4. The van der Waals surface area contributed by atoms with E-state index < -0.39 is 40.9 Å². The van der Waals surface area contributed by atoms with Crippen LogP contribution < -0.4 is 14.9 Å². The number of fused-ring (bicyclic) bond motifs is 4. The number of hydrazine groups is 1. The monoisotopic (exact) mass is 647 g/mol. The van der Waals surface area contributed by atoms with Crippen molar-refractivity contribution >= 4 is 35.4 Å². The number of allylic oxidation sites excluding steroid dienone is 3. The van der Waals surface area contributed by atoms with Crippen LogP contribution >= 0.6 is 0 Å². The summed E-state index contributed by atoms with van der Waals surface area (Å²) in [5.41, 5.74) is 5.55. The maximum Gasteiger partial charge on any atom is 0.260 e. The van der Waals surface area contributed by atoms with Crippen LogP contribution in [0, 0.1) is 36.5 Å². The highest BCUT2D eigenvalue weighted by Crippen LogP contribution is 2.61. The van der Waals surface area contributed by atoms with Crippen molar-refractivity contribution in [2.75, 3.05) is 26.7 Å². The zero-order valence-corrected chi connectivity index (χ0v) is 27.2. The van der Waals surface area contributed by atoms with E-state index in [1.165, 1.54) is 26.2 Å². The van der Waals surface area contributed by atoms with Crippen molar-refractivity contribution in [1.82, 2.24) is 9.91 Å². The quantitative estimate of drug-likeness (QED) is 0.275. The largest absolute Gasteiger partial charge is 0.502 e. The zero-order valence-electron chi connectivity index (χ0n) is 27.2. The average Bonchev–Trinajstić information content (AvgIpc) is 3.45. The van der Waals surface area contributed by atoms with E-state index in [0.717, 1.165) is 16.1 Å². The van der Waals surface area contributed by atoms with Gasteiger partial charge in [-0.15, -0.1) is 0 Å². The number of hydrogen-bond donors (Lipinski definition) is 2. The van der Waals surface area contributed by atoms with Gasteiger partial charge in [-0.25, -0.2) is 0 Å². The highest BCUT2D eigenvalue weighted by molar-refractivity contribution is 6.13. The molecule has 6 unspecified atom stereocenters. The van der Waals surface area contributed by atoms with Crippen molar-refractivity contribution in [3.63, 3.8) is 0 Å². The lowest BCUT2D eigenvalue weighted by Crippen LogP contribution is -2.54. The molecule has 246 valence electrons.